The van der Waals surface area contributed by atoms with Crippen LogP contribution in [0.25, 0.3) is 11.0 Å². The number of aromatic nitrogens is 2. The summed E-state index contributed by atoms with van der Waals surface area (Å²) in [5.74, 6) is -0.396. The van der Waals surface area contributed by atoms with Gasteiger partial charge in [-0.1, -0.05) is 36.9 Å². The van der Waals surface area contributed by atoms with Crippen molar-refractivity contribution in [3.05, 3.63) is 69.7 Å². The number of carbonyl (C=O) groups is 1. The summed E-state index contributed by atoms with van der Waals surface area (Å²) < 4.78 is 1.39. The lowest BCUT2D eigenvalue weighted by molar-refractivity contribution is 0.0999. The number of primary amides is 1. The molecule has 1 fully saturated rings. The normalized spacial score (nSPS) is 19.0. The average molecular weight is 441 g/mol. The summed E-state index contributed by atoms with van der Waals surface area (Å²) in [5, 5.41) is 0.290. The average Bonchev–Trinajstić information content (AvgIpc) is 2.75. The molecule has 2 N–H and O–H groups in total. The second-order valence-electron chi connectivity index (χ2n) is 8.12. The molecule has 31 heavy (non-hydrogen) atoms. The summed E-state index contributed by atoms with van der Waals surface area (Å²) in [6.45, 7) is 10.3. The van der Waals surface area contributed by atoms with Crippen molar-refractivity contribution in [2.24, 2.45) is 18.7 Å². The molecule has 2 heterocycles. The van der Waals surface area contributed by atoms with Crippen LogP contribution in [0.15, 0.2) is 53.4 Å². The predicted molar refractivity (Wildman–Crippen MR) is 128 cm³/mol. The van der Waals surface area contributed by atoms with Crippen LogP contribution in [0.4, 0.5) is 5.69 Å². The van der Waals surface area contributed by atoms with E-state index in [2.05, 4.69) is 18.1 Å². The highest BCUT2D eigenvalue weighted by Crippen LogP contribution is 2.37. The highest BCUT2D eigenvalue weighted by atomic mass is 35.5. The summed E-state index contributed by atoms with van der Waals surface area (Å²) in [6, 6.07) is 3.50. The summed E-state index contributed by atoms with van der Waals surface area (Å²) in [4.78, 5) is 31.6. The fraction of sp³-hybridized carbons (Fsp3) is 0.375. The van der Waals surface area contributed by atoms with Crippen molar-refractivity contribution in [2.45, 2.75) is 38.6 Å². The van der Waals surface area contributed by atoms with Gasteiger partial charge in [0.05, 0.1) is 11.2 Å². The van der Waals surface area contributed by atoms with E-state index in [0.29, 0.717) is 27.8 Å². The first-order valence-corrected chi connectivity index (χ1v) is 10.8. The van der Waals surface area contributed by atoms with E-state index in [-0.39, 0.29) is 11.6 Å². The van der Waals surface area contributed by atoms with Crippen molar-refractivity contribution in [3.63, 3.8) is 0 Å². The summed E-state index contributed by atoms with van der Waals surface area (Å²) in [6.07, 6.45) is 7.64. The first-order valence-electron chi connectivity index (χ1n) is 10.4. The molecule has 1 amide bonds. The quantitative estimate of drug-likeness (QED) is 0.534. The van der Waals surface area contributed by atoms with Gasteiger partial charge in [-0.15, -0.1) is 0 Å². The molecule has 0 bridgehead atoms. The molecule has 0 aromatic carbocycles. The molecule has 0 radical (unpaired) electrons. The highest BCUT2D eigenvalue weighted by molar-refractivity contribution is 6.30. The Morgan fingerprint density at radius 2 is 1.94 bits per heavy atom. The number of nitrogens with zero attached hydrogens (tertiary/aromatic N) is 3. The Morgan fingerprint density at radius 1 is 1.29 bits per heavy atom. The van der Waals surface area contributed by atoms with E-state index in [9.17, 15) is 9.59 Å². The van der Waals surface area contributed by atoms with E-state index in [0.717, 1.165) is 36.8 Å². The molecule has 6 nitrogen and oxygen atoms in total. The Morgan fingerprint density at radius 3 is 2.52 bits per heavy atom. The minimum Gasteiger partial charge on any atom is -0.369 e. The number of pyridine rings is 2. The number of halogens is 1. The minimum atomic E-state index is -0.768. The van der Waals surface area contributed by atoms with Crippen molar-refractivity contribution in [1.82, 2.24) is 9.55 Å². The largest absolute Gasteiger partial charge is 0.369 e. The maximum atomic E-state index is 12.9. The van der Waals surface area contributed by atoms with Crippen LogP contribution in [-0.4, -0.2) is 28.5 Å². The van der Waals surface area contributed by atoms with Gasteiger partial charge in [0.2, 0.25) is 0 Å². The van der Waals surface area contributed by atoms with E-state index < -0.39 is 11.5 Å². The van der Waals surface area contributed by atoms with Gasteiger partial charge in [0, 0.05) is 20.1 Å². The van der Waals surface area contributed by atoms with Gasteiger partial charge in [0.15, 0.2) is 0 Å². The van der Waals surface area contributed by atoms with Crippen molar-refractivity contribution >= 4 is 34.2 Å². The molecule has 0 saturated heterocycles. The van der Waals surface area contributed by atoms with Gasteiger partial charge in [-0.25, -0.2) is 4.98 Å². The number of rotatable bonds is 6. The third kappa shape index (κ3) is 4.30. The highest BCUT2D eigenvalue weighted by Gasteiger charge is 2.30. The summed E-state index contributed by atoms with van der Waals surface area (Å²) in [5.41, 5.74) is 8.74. The number of carbonyl (C=O) groups excluding carboxylic acids is 1. The lowest BCUT2D eigenvalue weighted by atomic mass is 9.79. The van der Waals surface area contributed by atoms with Gasteiger partial charge >= 0.3 is 0 Å². The minimum absolute atomic E-state index is 0.0553. The molecule has 1 aliphatic carbocycles. The van der Waals surface area contributed by atoms with E-state index in [1.807, 2.05) is 31.0 Å². The first-order chi connectivity index (χ1) is 14.7. The van der Waals surface area contributed by atoms with Crippen LogP contribution in [-0.2, 0) is 7.05 Å². The fourth-order valence-corrected chi connectivity index (χ4v) is 4.65. The topological polar surface area (TPSA) is 81.2 Å². The molecule has 2 aromatic heterocycles. The fourth-order valence-electron chi connectivity index (χ4n) is 4.50. The van der Waals surface area contributed by atoms with Crippen LogP contribution in [0.2, 0.25) is 5.15 Å². The number of allylic oxidation sites excluding steroid dienone is 4. The number of hydrogen-bond donors (Lipinski definition) is 1. The molecule has 1 saturated carbocycles. The lowest BCUT2D eigenvalue weighted by Gasteiger charge is -2.37. The molecular weight excluding hydrogens is 412 g/mol. The monoisotopic (exact) mass is 440 g/mol. The molecule has 0 atom stereocenters. The zero-order valence-electron chi connectivity index (χ0n) is 18.3. The molecular formula is C24H29ClN4O2. The maximum absolute atomic E-state index is 12.9. The molecule has 0 unspecified atom stereocenters. The Bertz CT molecular complexity index is 1140. The smallest absolute Gasteiger partial charge is 0.265 e. The molecule has 0 aliphatic heterocycles. The van der Waals surface area contributed by atoms with Crippen molar-refractivity contribution in [3.8, 4) is 0 Å². The van der Waals surface area contributed by atoms with Gasteiger partial charge in [-0.3, -0.25) is 9.59 Å². The number of anilines is 1. The molecule has 1 aliphatic rings. The van der Waals surface area contributed by atoms with Gasteiger partial charge in [-0.2, -0.15) is 0 Å². The number of amides is 1. The van der Waals surface area contributed by atoms with Crippen molar-refractivity contribution < 1.29 is 4.79 Å². The SMILES string of the molecule is C=C(/C=C\C)C(=C)C1CCC(N(C)c2c(C(N)=O)c(=O)n(C)c3ccc(Cl)nc23)CC1. The van der Waals surface area contributed by atoms with Gasteiger partial charge in [0.25, 0.3) is 11.5 Å². The van der Waals surface area contributed by atoms with Crippen LogP contribution in [0, 0.1) is 5.92 Å². The second-order valence-corrected chi connectivity index (χ2v) is 8.51. The lowest BCUT2D eigenvalue weighted by Crippen LogP contribution is -2.40. The van der Waals surface area contributed by atoms with Crippen LogP contribution >= 0.6 is 11.6 Å². The number of hydrogen-bond acceptors (Lipinski definition) is 4. The van der Waals surface area contributed by atoms with Crippen molar-refractivity contribution in [1.29, 1.82) is 0 Å². The third-order valence-electron chi connectivity index (χ3n) is 6.30. The summed E-state index contributed by atoms with van der Waals surface area (Å²) >= 11 is 6.16. The van der Waals surface area contributed by atoms with E-state index in [4.69, 9.17) is 17.3 Å². The van der Waals surface area contributed by atoms with E-state index in [1.54, 1.807) is 19.2 Å². The molecule has 164 valence electrons. The van der Waals surface area contributed by atoms with Crippen LogP contribution in [0.5, 0.6) is 0 Å². The molecule has 2 aromatic rings. The zero-order chi connectivity index (χ0) is 22.9. The molecule has 3 rings (SSSR count). The van der Waals surface area contributed by atoms with Crippen LogP contribution in [0.1, 0.15) is 43.0 Å². The standard InChI is InChI=1S/C24H29ClN4O2/c1-6-7-14(2)15(3)16-8-10-17(11-9-16)28(4)22-20(23(26)30)24(31)29(5)18-12-13-19(25)27-21(18)22/h6-7,12-13,16-17H,2-3,8-11H2,1,4-5H3,(H2,26,30)/b7-6-. The second kappa shape index (κ2) is 9.10. The van der Waals surface area contributed by atoms with Crippen LogP contribution < -0.4 is 16.2 Å². The van der Waals surface area contributed by atoms with Gasteiger partial charge in [-0.05, 0) is 61.8 Å². The van der Waals surface area contributed by atoms with Gasteiger partial charge < -0.3 is 15.2 Å². The maximum Gasteiger partial charge on any atom is 0.265 e. The Labute approximate surface area is 187 Å². The molecule has 0 spiro atoms. The number of nitrogens with two attached hydrogens (primary N) is 1. The summed E-state index contributed by atoms with van der Waals surface area (Å²) in [7, 11) is 3.49. The van der Waals surface area contributed by atoms with Crippen LogP contribution in [0.3, 0.4) is 0 Å². The van der Waals surface area contributed by atoms with Gasteiger partial charge in [0.1, 0.15) is 16.2 Å². The zero-order valence-corrected chi connectivity index (χ0v) is 19.1. The third-order valence-corrected chi connectivity index (χ3v) is 6.51. The number of fused-ring (bicyclic) bond motifs is 1. The Kier molecular flexibility index (Phi) is 6.70. The van der Waals surface area contributed by atoms with Crippen molar-refractivity contribution in [2.75, 3.05) is 11.9 Å². The van der Waals surface area contributed by atoms with E-state index in [1.165, 1.54) is 4.57 Å². The predicted octanol–water partition coefficient (Wildman–Crippen LogP) is 4.37. The molecule has 7 heteroatoms. The Balaban J connectivity index is 1.98. The van der Waals surface area contributed by atoms with E-state index >= 15 is 0 Å². The Hall–Kier alpha value is -2.86. The number of aryl methyl sites for hydroxylation is 1. The first kappa shape index (κ1) is 22.8.